The summed E-state index contributed by atoms with van der Waals surface area (Å²) >= 11 is 0. The lowest BCUT2D eigenvalue weighted by molar-refractivity contribution is 1.64. The van der Waals surface area contributed by atoms with Gasteiger partial charge in [-0.25, -0.2) is 0 Å². The number of hydrogen-bond donors (Lipinski definition) is 0. The molecule has 0 fully saturated rings. The van der Waals surface area contributed by atoms with Gasteiger partial charge in [-0.05, 0) is 133 Å². The van der Waals surface area contributed by atoms with Crippen molar-refractivity contribution in [2.24, 2.45) is 0 Å². The molecule has 0 aromatic heterocycles. The Balaban J connectivity index is 1.19. The second-order valence-electron chi connectivity index (χ2n) is 14.4. The molecule has 0 nitrogen and oxygen atoms in total. The van der Waals surface area contributed by atoms with Crippen LogP contribution in [0.2, 0.25) is 0 Å². The van der Waals surface area contributed by atoms with E-state index in [1.807, 2.05) is 0 Å². The Labute approximate surface area is 314 Å². The van der Waals surface area contributed by atoms with Crippen molar-refractivity contribution in [3.63, 3.8) is 0 Å². The first-order chi connectivity index (χ1) is 26.8. The van der Waals surface area contributed by atoms with Crippen LogP contribution in [-0.4, -0.2) is 0 Å². The minimum absolute atomic E-state index is 1.22. The molecule has 0 aliphatic rings. The molecule has 250 valence electrons. The van der Waals surface area contributed by atoms with Crippen molar-refractivity contribution < 1.29 is 0 Å². The molecule has 0 radical (unpaired) electrons. The minimum Gasteiger partial charge on any atom is -0.0622 e. The van der Waals surface area contributed by atoms with Gasteiger partial charge in [0.15, 0.2) is 0 Å². The molecule has 0 N–H and O–H groups in total. The molecule has 0 unspecified atom stereocenters. The quantitative estimate of drug-likeness (QED) is 0.162. The first-order valence-electron chi connectivity index (χ1n) is 18.8. The molecular weight excluding hydrogens is 649 g/mol. The van der Waals surface area contributed by atoms with Gasteiger partial charge in [-0.2, -0.15) is 0 Å². The minimum atomic E-state index is 1.22. The average molecular weight is 683 g/mol. The second kappa shape index (κ2) is 12.3. The highest BCUT2D eigenvalue weighted by molar-refractivity contribution is 6.25. The second-order valence-corrected chi connectivity index (χ2v) is 14.4. The van der Waals surface area contributed by atoms with Crippen molar-refractivity contribution in [1.82, 2.24) is 0 Å². The summed E-state index contributed by atoms with van der Waals surface area (Å²) in [4.78, 5) is 0. The largest absolute Gasteiger partial charge is 0.0622 e. The van der Waals surface area contributed by atoms with Gasteiger partial charge in [0.2, 0.25) is 0 Å². The Morgan fingerprint density at radius 2 is 0.389 bits per heavy atom. The third-order valence-corrected chi connectivity index (χ3v) is 11.4. The molecular formula is C54H34. The molecule has 0 amide bonds. The Hall–Kier alpha value is -7.02. The fourth-order valence-corrected chi connectivity index (χ4v) is 8.98. The van der Waals surface area contributed by atoms with Gasteiger partial charge in [-0.1, -0.05) is 182 Å². The summed E-state index contributed by atoms with van der Waals surface area (Å²) in [7, 11) is 0. The average Bonchev–Trinajstić information content (AvgIpc) is 3.24. The molecule has 0 heterocycles. The SMILES string of the molecule is c1ccc(-c2c3ccccc3c(-c3ccc(-c4c5ccccc5c(-c5ccccc5)c5cc6ccccc6cc45)cc3)c3cc4ccccc4cc23)cc1. The third kappa shape index (κ3) is 4.78. The maximum Gasteiger partial charge on any atom is -0.00261 e. The first-order valence-corrected chi connectivity index (χ1v) is 18.8. The van der Waals surface area contributed by atoms with Crippen LogP contribution < -0.4 is 0 Å². The summed E-state index contributed by atoms with van der Waals surface area (Å²) in [5.74, 6) is 0. The van der Waals surface area contributed by atoms with E-state index in [4.69, 9.17) is 0 Å². The number of rotatable bonds is 4. The molecule has 54 heavy (non-hydrogen) atoms. The summed E-state index contributed by atoms with van der Waals surface area (Å²) in [5.41, 5.74) is 10.0. The maximum atomic E-state index is 2.40. The summed E-state index contributed by atoms with van der Waals surface area (Å²) in [6.45, 7) is 0. The Kier molecular flexibility index (Phi) is 6.97. The third-order valence-electron chi connectivity index (χ3n) is 11.4. The van der Waals surface area contributed by atoms with Crippen LogP contribution in [0.25, 0.3) is 109 Å². The van der Waals surface area contributed by atoms with Crippen molar-refractivity contribution in [2.75, 3.05) is 0 Å². The zero-order valence-electron chi connectivity index (χ0n) is 29.6. The van der Waals surface area contributed by atoms with Crippen molar-refractivity contribution >= 4 is 64.6 Å². The number of fused-ring (bicyclic) bond motifs is 6. The molecule has 0 bridgehead atoms. The van der Waals surface area contributed by atoms with Crippen LogP contribution >= 0.6 is 0 Å². The lowest BCUT2D eigenvalue weighted by Crippen LogP contribution is -1.93. The Morgan fingerprint density at radius 1 is 0.167 bits per heavy atom. The predicted molar refractivity (Wildman–Crippen MR) is 233 cm³/mol. The lowest BCUT2D eigenvalue weighted by atomic mass is 9.83. The highest BCUT2D eigenvalue weighted by atomic mass is 14.2. The van der Waals surface area contributed by atoms with E-state index in [2.05, 4.69) is 206 Å². The van der Waals surface area contributed by atoms with Crippen LogP contribution in [0.15, 0.2) is 206 Å². The van der Waals surface area contributed by atoms with Crippen molar-refractivity contribution in [2.45, 2.75) is 0 Å². The van der Waals surface area contributed by atoms with Crippen LogP contribution in [-0.2, 0) is 0 Å². The smallest absolute Gasteiger partial charge is 0.00261 e. The highest BCUT2D eigenvalue weighted by Gasteiger charge is 2.20. The van der Waals surface area contributed by atoms with Crippen molar-refractivity contribution in [3.8, 4) is 44.5 Å². The van der Waals surface area contributed by atoms with E-state index >= 15 is 0 Å². The van der Waals surface area contributed by atoms with E-state index in [0.717, 1.165) is 0 Å². The fourth-order valence-electron chi connectivity index (χ4n) is 8.98. The standard InChI is InChI=1S/C54H34/c1-3-15-35(16-4-1)51-43-23-11-13-25-45(43)53(49-33-41-21-9-7-19-39(41)31-47(49)51)37-27-29-38(30-28-37)54-46-26-14-12-24-44(46)52(36-17-5-2-6-18-36)48-32-40-20-8-10-22-42(40)34-50(48)54/h1-34H. The van der Waals surface area contributed by atoms with E-state index in [0.29, 0.717) is 0 Å². The maximum absolute atomic E-state index is 2.40. The first kappa shape index (κ1) is 30.6. The fraction of sp³-hybridized carbons (Fsp3) is 0. The van der Waals surface area contributed by atoms with E-state index in [-0.39, 0.29) is 0 Å². The Morgan fingerprint density at radius 3 is 0.667 bits per heavy atom. The topological polar surface area (TPSA) is 0 Å². The molecule has 11 rings (SSSR count). The van der Waals surface area contributed by atoms with E-state index < -0.39 is 0 Å². The predicted octanol–water partition coefficient (Wildman–Crippen LogP) is 15.3. The molecule has 0 saturated carbocycles. The van der Waals surface area contributed by atoms with Gasteiger partial charge in [0.05, 0.1) is 0 Å². The molecule has 0 spiro atoms. The van der Waals surface area contributed by atoms with Crippen LogP contribution in [0.5, 0.6) is 0 Å². The van der Waals surface area contributed by atoms with Gasteiger partial charge in [0.25, 0.3) is 0 Å². The van der Waals surface area contributed by atoms with Gasteiger partial charge in [0.1, 0.15) is 0 Å². The summed E-state index contributed by atoms with van der Waals surface area (Å²) in [5, 5.41) is 15.2. The van der Waals surface area contributed by atoms with E-state index in [9.17, 15) is 0 Å². The molecule has 0 aliphatic carbocycles. The van der Waals surface area contributed by atoms with E-state index in [1.54, 1.807) is 0 Å². The summed E-state index contributed by atoms with van der Waals surface area (Å²) in [6.07, 6.45) is 0. The normalized spacial score (nSPS) is 11.7. The molecule has 11 aromatic rings. The lowest BCUT2D eigenvalue weighted by Gasteiger charge is -2.20. The van der Waals surface area contributed by atoms with Gasteiger partial charge in [0, 0.05) is 0 Å². The van der Waals surface area contributed by atoms with Crippen LogP contribution in [0, 0.1) is 0 Å². The Bertz CT molecular complexity index is 3010. The molecule has 0 heteroatoms. The zero-order valence-corrected chi connectivity index (χ0v) is 29.6. The summed E-state index contributed by atoms with van der Waals surface area (Å²) in [6, 6.07) is 76.1. The van der Waals surface area contributed by atoms with Crippen LogP contribution in [0.4, 0.5) is 0 Å². The molecule has 0 saturated heterocycles. The number of benzene rings is 11. The van der Waals surface area contributed by atoms with Gasteiger partial charge in [-0.15, -0.1) is 0 Å². The van der Waals surface area contributed by atoms with Gasteiger partial charge < -0.3 is 0 Å². The van der Waals surface area contributed by atoms with Crippen molar-refractivity contribution in [1.29, 1.82) is 0 Å². The van der Waals surface area contributed by atoms with E-state index in [1.165, 1.54) is 109 Å². The number of hydrogen-bond acceptors (Lipinski definition) is 0. The zero-order chi connectivity index (χ0) is 35.6. The van der Waals surface area contributed by atoms with Gasteiger partial charge >= 0.3 is 0 Å². The molecule has 0 aliphatic heterocycles. The summed E-state index contributed by atoms with van der Waals surface area (Å²) < 4.78 is 0. The highest BCUT2D eigenvalue weighted by Crippen LogP contribution is 2.47. The van der Waals surface area contributed by atoms with Crippen LogP contribution in [0.3, 0.4) is 0 Å². The van der Waals surface area contributed by atoms with Crippen molar-refractivity contribution in [3.05, 3.63) is 206 Å². The van der Waals surface area contributed by atoms with Gasteiger partial charge in [-0.3, -0.25) is 0 Å². The monoisotopic (exact) mass is 682 g/mol. The molecule has 11 aromatic carbocycles. The molecule has 0 atom stereocenters. The van der Waals surface area contributed by atoms with Crippen LogP contribution in [0.1, 0.15) is 0 Å².